The number of amides is 1. The number of carbonyl (C=O) groups excluding carboxylic acids is 1. The van der Waals surface area contributed by atoms with Gasteiger partial charge in [-0.05, 0) is 36.1 Å². The number of rotatable bonds is 5. The average molecular weight is 373 g/mol. The molecule has 138 valence electrons. The highest BCUT2D eigenvalue weighted by molar-refractivity contribution is 6.31. The molecule has 0 aromatic heterocycles. The molecule has 1 aliphatic rings. The molecule has 1 atom stereocenters. The second-order valence-electron chi connectivity index (χ2n) is 7.07. The molecule has 6 heteroatoms. The molecule has 4 N–H and O–H groups in total. The molecule has 0 radical (unpaired) electrons. The summed E-state index contributed by atoms with van der Waals surface area (Å²) in [6, 6.07) is 11.5. The predicted molar refractivity (Wildman–Crippen MR) is 110 cm³/mol. The Morgan fingerprint density at radius 1 is 1.23 bits per heavy atom. The number of carbonyl (C=O) groups is 1. The van der Waals surface area contributed by atoms with Gasteiger partial charge in [-0.15, -0.1) is 0 Å². The zero-order valence-electron chi connectivity index (χ0n) is 15.3. The Kier molecular flexibility index (Phi) is 5.28. The van der Waals surface area contributed by atoms with Crippen LogP contribution in [0.1, 0.15) is 19.4 Å². The maximum absolute atomic E-state index is 12.2. The first-order chi connectivity index (χ1) is 12.4. The molecule has 3 rings (SSSR count). The molecule has 1 aliphatic heterocycles. The highest BCUT2D eigenvalue weighted by Crippen LogP contribution is 2.36. The fourth-order valence-corrected chi connectivity index (χ4v) is 3.41. The third-order valence-electron chi connectivity index (χ3n) is 4.77. The van der Waals surface area contributed by atoms with Gasteiger partial charge < -0.3 is 21.3 Å². The van der Waals surface area contributed by atoms with Crippen LogP contribution in [0.15, 0.2) is 36.4 Å². The van der Waals surface area contributed by atoms with E-state index in [9.17, 15) is 4.79 Å². The molecule has 0 spiro atoms. The molecule has 0 aliphatic carbocycles. The maximum Gasteiger partial charge on any atom is 0.247 e. The van der Waals surface area contributed by atoms with Gasteiger partial charge in [-0.1, -0.05) is 43.6 Å². The van der Waals surface area contributed by atoms with Crippen molar-refractivity contribution in [2.45, 2.75) is 26.3 Å². The Balaban J connectivity index is 1.79. The van der Waals surface area contributed by atoms with Gasteiger partial charge in [-0.3, -0.25) is 4.79 Å². The quantitative estimate of drug-likeness (QED) is 0.694. The van der Waals surface area contributed by atoms with Crippen LogP contribution in [0, 0.1) is 5.92 Å². The number of hydrogen-bond donors (Lipinski definition) is 3. The number of halogens is 1. The van der Waals surface area contributed by atoms with Gasteiger partial charge in [0.25, 0.3) is 0 Å². The van der Waals surface area contributed by atoms with Crippen molar-refractivity contribution in [3.8, 4) is 0 Å². The third kappa shape index (κ3) is 3.73. The van der Waals surface area contributed by atoms with E-state index in [1.54, 1.807) is 0 Å². The lowest BCUT2D eigenvalue weighted by molar-refractivity contribution is -0.117. The number of likely N-dealkylation sites (N-methyl/N-ethyl adjacent to an activating group) is 1. The Labute approximate surface area is 159 Å². The van der Waals surface area contributed by atoms with Crippen LogP contribution in [0.25, 0.3) is 0 Å². The maximum atomic E-state index is 12.2. The van der Waals surface area contributed by atoms with Crippen LogP contribution in [0.4, 0.5) is 22.7 Å². The second kappa shape index (κ2) is 7.46. The molecule has 26 heavy (non-hydrogen) atoms. The summed E-state index contributed by atoms with van der Waals surface area (Å²) in [5, 5.41) is 7.06. The first-order valence-electron chi connectivity index (χ1n) is 8.82. The first kappa shape index (κ1) is 18.4. The highest BCUT2D eigenvalue weighted by atomic mass is 35.5. The number of fused-ring (bicyclic) bond motifs is 1. The smallest absolute Gasteiger partial charge is 0.247 e. The first-order valence-corrected chi connectivity index (χ1v) is 9.20. The summed E-state index contributed by atoms with van der Waals surface area (Å²) in [5.74, 6) is 0.175. The van der Waals surface area contributed by atoms with Crippen LogP contribution < -0.4 is 21.3 Å². The Bertz CT molecular complexity index is 821. The summed E-state index contributed by atoms with van der Waals surface area (Å²) < 4.78 is 0. The number of benzene rings is 2. The number of nitrogen functional groups attached to an aromatic ring is 1. The number of nitrogens with two attached hydrogens (primary N) is 1. The minimum absolute atomic E-state index is 0.0216. The van der Waals surface area contributed by atoms with Crippen molar-refractivity contribution in [1.82, 2.24) is 0 Å². The van der Waals surface area contributed by atoms with Crippen molar-refractivity contribution in [1.29, 1.82) is 0 Å². The summed E-state index contributed by atoms with van der Waals surface area (Å²) in [7, 11) is 2.01. The summed E-state index contributed by atoms with van der Waals surface area (Å²) in [5.41, 5.74) is 10.5. The van der Waals surface area contributed by atoms with Crippen LogP contribution in [0.2, 0.25) is 5.02 Å². The lowest BCUT2D eigenvalue weighted by Gasteiger charge is -2.31. The predicted octanol–water partition coefficient (Wildman–Crippen LogP) is 3.99. The highest BCUT2D eigenvalue weighted by Gasteiger charge is 2.28. The molecule has 0 saturated carbocycles. The average Bonchev–Trinajstić information content (AvgIpc) is 2.59. The molecule has 5 nitrogen and oxygen atoms in total. The minimum Gasteiger partial charge on any atom is -0.397 e. The summed E-state index contributed by atoms with van der Waals surface area (Å²) in [6.45, 7) is 4.83. The van der Waals surface area contributed by atoms with Gasteiger partial charge in [0.15, 0.2) is 0 Å². The zero-order chi connectivity index (χ0) is 18.8. The molecule has 1 heterocycles. The summed E-state index contributed by atoms with van der Waals surface area (Å²) >= 11 is 6.25. The standard InChI is InChI=1S/C20H25ClN4O/c1-12(2)19-20(26)24-16-10-15(22)18(11-17(16)23-19)25(3)9-8-13-6-4-5-7-14(13)21/h4-7,10-12,19,23H,8-9,22H2,1-3H3,(H,24,26). The van der Waals surface area contributed by atoms with Gasteiger partial charge in [0.1, 0.15) is 6.04 Å². The van der Waals surface area contributed by atoms with E-state index in [0.717, 1.165) is 40.6 Å². The SMILES string of the molecule is CC(C)C1Nc2cc(N(C)CCc3ccccc3Cl)c(N)cc2NC1=O. The largest absolute Gasteiger partial charge is 0.397 e. The van der Waals surface area contributed by atoms with E-state index in [4.69, 9.17) is 17.3 Å². The van der Waals surface area contributed by atoms with Crippen LogP contribution in [-0.4, -0.2) is 25.5 Å². The van der Waals surface area contributed by atoms with E-state index >= 15 is 0 Å². The minimum atomic E-state index is -0.243. The van der Waals surface area contributed by atoms with Gasteiger partial charge in [-0.2, -0.15) is 0 Å². The van der Waals surface area contributed by atoms with Crippen LogP contribution >= 0.6 is 11.6 Å². The van der Waals surface area contributed by atoms with E-state index in [2.05, 4.69) is 15.5 Å². The van der Waals surface area contributed by atoms with Crippen molar-refractivity contribution >= 4 is 40.3 Å². The molecule has 1 unspecified atom stereocenters. The summed E-state index contributed by atoms with van der Waals surface area (Å²) in [6.07, 6.45) is 0.825. The second-order valence-corrected chi connectivity index (χ2v) is 7.48. The van der Waals surface area contributed by atoms with Gasteiger partial charge in [0, 0.05) is 18.6 Å². The van der Waals surface area contributed by atoms with E-state index in [1.165, 1.54) is 0 Å². The van der Waals surface area contributed by atoms with E-state index in [-0.39, 0.29) is 17.9 Å². The molecule has 0 bridgehead atoms. The monoisotopic (exact) mass is 372 g/mol. The van der Waals surface area contributed by atoms with Crippen LogP contribution in [0.3, 0.4) is 0 Å². The van der Waals surface area contributed by atoms with Crippen LogP contribution in [-0.2, 0) is 11.2 Å². The molecule has 0 fully saturated rings. The van der Waals surface area contributed by atoms with Crippen LogP contribution in [0.5, 0.6) is 0 Å². The molecule has 2 aromatic carbocycles. The Morgan fingerprint density at radius 3 is 2.65 bits per heavy atom. The number of nitrogens with one attached hydrogen (secondary N) is 2. The fraction of sp³-hybridized carbons (Fsp3) is 0.350. The number of anilines is 4. The Hall–Kier alpha value is -2.40. The van der Waals surface area contributed by atoms with E-state index < -0.39 is 0 Å². The molecule has 1 amide bonds. The van der Waals surface area contributed by atoms with Crippen molar-refractivity contribution in [3.05, 3.63) is 47.0 Å². The molecular weight excluding hydrogens is 348 g/mol. The van der Waals surface area contributed by atoms with Crippen molar-refractivity contribution in [3.63, 3.8) is 0 Å². The summed E-state index contributed by atoms with van der Waals surface area (Å²) in [4.78, 5) is 14.3. The fourth-order valence-electron chi connectivity index (χ4n) is 3.18. The van der Waals surface area contributed by atoms with Crippen molar-refractivity contribution < 1.29 is 4.79 Å². The topological polar surface area (TPSA) is 70.4 Å². The van der Waals surface area contributed by atoms with Gasteiger partial charge in [0.2, 0.25) is 5.91 Å². The molecular formula is C20H25ClN4O. The zero-order valence-corrected chi connectivity index (χ0v) is 16.1. The Morgan fingerprint density at radius 2 is 1.96 bits per heavy atom. The van der Waals surface area contributed by atoms with Gasteiger partial charge in [0.05, 0.1) is 22.7 Å². The molecule has 2 aromatic rings. The van der Waals surface area contributed by atoms with E-state index in [0.29, 0.717) is 5.69 Å². The number of nitrogens with zero attached hydrogens (tertiary/aromatic N) is 1. The molecule has 0 saturated heterocycles. The van der Waals surface area contributed by atoms with Crippen molar-refractivity contribution in [2.24, 2.45) is 5.92 Å². The third-order valence-corrected chi connectivity index (χ3v) is 5.14. The number of hydrogen-bond acceptors (Lipinski definition) is 4. The van der Waals surface area contributed by atoms with Crippen molar-refractivity contribution in [2.75, 3.05) is 34.9 Å². The van der Waals surface area contributed by atoms with Gasteiger partial charge >= 0.3 is 0 Å². The lowest BCUT2D eigenvalue weighted by atomic mass is 10.00. The lowest BCUT2D eigenvalue weighted by Crippen LogP contribution is -2.42. The normalized spacial score (nSPS) is 16.0. The van der Waals surface area contributed by atoms with Gasteiger partial charge in [-0.25, -0.2) is 0 Å². The van der Waals surface area contributed by atoms with E-state index in [1.807, 2.05) is 57.3 Å².